The number of aromatic nitrogens is 1. The molecule has 1 atom stereocenters. The Kier molecular flexibility index (Phi) is 5.46. The van der Waals surface area contributed by atoms with Crippen molar-refractivity contribution in [3.8, 4) is 0 Å². The lowest BCUT2D eigenvalue weighted by Gasteiger charge is -2.33. The van der Waals surface area contributed by atoms with Crippen LogP contribution in [0.25, 0.3) is 0 Å². The molecule has 1 saturated heterocycles. The van der Waals surface area contributed by atoms with Crippen LogP contribution < -0.4 is 5.73 Å². The molecule has 120 valence electrons. The second-order valence-corrected chi connectivity index (χ2v) is 7.63. The van der Waals surface area contributed by atoms with Crippen molar-refractivity contribution in [2.45, 2.75) is 70.0 Å². The molecule has 0 radical (unpaired) electrons. The number of nitrogens with zero attached hydrogens (tertiary/aromatic N) is 2. The van der Waals surface area contributed by atoms with Crippen molar-refractivity contribution in [3.05, 3.63) is 18.0 Å². The molecule has 1 aromatic heterocycles. The molecular formula is C15H27N3O2S. The van der Waals surface area contributed by atoms with Crippen molar-refractivity contribution in [3.63, 3.8) is 0 Å². The SMILES string of the molecule is CCCn1cc(S(=O)(=O)N2CCCCC2CC)cc1CN. The average molecular weight is 313 g/mol. The standard InChI is InChI=1S/C15H27N3O2S/c1-3-8-17-12-15(10-14(17)11-16)21(19,20)18-9-6-5-7-13(18)4-2/h10,12-13H,3-9,11,16H2,1-2H3. The highest BCUT2D eigenvalue weighted by atomic mass is 32.2. The van der Waals surface area contributed by atoms with Gasteiger partial charge in [-0.15, -0.1) is 0 Å². The van der Waals surface area contributed by atoms with Gasteiger partial charge in [0.15, 0.2) is 0 Å². The zero-order valence-electron chi connectivity index (χ0n) is 13.1. The van der Waals surface area contributed by atoms with Gasteiger partial charge in [0.05, 0.1) is 0 Å². The molecule has 1 aromatic rings. The zero-order chi connectivity index (χ0) is 15.5. The topological polar surface area (TPSA) is 68.3 Å². The van der Waals surface area contributed by atoms with Crippen molar-refractivity contribution in [1.82, 2.24) is 8.87 Å². The van der Waals surface area contributed by atoms with Crippen LogP contribution in [-0.4, -0.2) is 29.9 Å². The van der Waals surface area contributed by atoms with E-state index in [0.29, 0.717) is 18.0 Å². The van der Waals surface area contributed by atoms with Gasteiger partial charge in [0.2, 0.25) is 10.0 Å². The van der Waals surface area contributed by atoms with E-state index in [-0.39, 0.29) is 6.04 Å². The van der Waals surface area contributed by atoms with Crippen LogP contribution in [-0.2, 0) is 23.1 Å². The van der Waals surface area contributed by atoms with E-state index >= 15 is 0 Å². The molecule has 1 fully saturated rings. The highest BCUT2D eigenvalue weighted by Crippen LogP contribution is 2.28. The summed E-state index contributed by atoms with van der Waals surface area (Å²) in [6, 6.07) is 1.88. The number of hydrogen-bond donors (Lipinski definition) is 1. The Morgan fingerprint density at radius 2 is 2.10 bits per heavy atom. The van der Waals surface area contributed by atoms with Gasteiger partial charge in [-0.1, -0.05) is 20.3 Å². The van der Waals surface area contributed by atoms with Crippen LogP contribution in [0, 0.1) is 0 Å². The van der Waals surface area contributed by atoms with E-state index in [1.165, 1.54) is 0 Å². The van der Waals surface area contributed by atoms with Crippen molar-refractivity contribution in [2.24, 2.45) is 5.73 Å². The van der Waals surface area contributed by atoms with Gasteiger partial charge in [0, 0.05) is 37.6 Å². The molecular weight excluding hydrogens is 286 g/mol. The fourth-order valence-corrected chi connectivity index (χ4v) is 4.95. The Morgan fingerprint density at radius 1 is 1.33 bits per heavy atom. The first kappa shape index (κ1) is 16.5. The lowest BCUT2D eigenvalue weighted by atomic mass is 10.0. The molecule has 1 aliphatic heterocycles. The second kappa shape index (κ2) is 6.94. The number of aryl methyl sites for hydroxylation is 1. The molecule has 0 saturated carbocycles. The van der Waals surface area contributed by atoms with E-state index in [4.69, 9.17) is 5.73 Å². The monoisotopic (exact) mass is 313 g/mol. The number of sulfonamides is 1. The summed E-state index contributed by atoms with van der Waals surface area (Å²) in [6.07, 6.45) is 6.63. The van der Waals surface area contributed by atoms with Crippen LogP contribution in [0.1, 0.15) is 51.6 Å². The van der Waals surface area contributed by atoms with Gasteiger partial charge >= 0.3 is 0 Å². The normalized spacial score (nSPS) is 20.8. The Bertz CT molecular complexity index is 565. The van der Waals surface area contributed by atoms with Crippen LogP contribution in [0.15, 0.2) is 17.2 Å². The molecule has 21 heavy (non-hydrogen) atoms. The van der Waals surface area contributed by atoms with Gasteiger partial charge in [0.1, 0.15) is 4.90 Å². The highest BCUT2D eigenvalue weighted by molar-refractivity contribution is 7.89. The molecule has 0 aromatic carbocycles. The molecule has 5 nitrogen and oxygen atoms in total. The highest BCUT2D eigenvalue weighted by Gasteiger charge is 2.33. The fraction of sp³-hybridized carbons (Fsp3) is 0.733. The summed E-state index contributed by atoms with van der Waals surface area (Å²) in [4.78, 5) is 0.400. The van der Waals surface area contributed by atoms with E-state index in [2.05, 4.69) is 13.8 Å². The molecule has 0 spiro atoms. The van der Waals surface area contributed by atoms with E-state index in [9.17, 15) is 8.42 Å². The summed E-state index contributed by atoms with van der Waals surface area (Å²) in [5.41, 5.74) is 6.63. The van der Waals surface area contributed by atoms with Crippen LogP contribution in [0.3, 0.4) is 0 Å². The predicted molar refractivity (Wildman–Crippen MR) is 84.4 cm³/mol. The van der Waals surface area contributed by atoms with Crippen molar-refractivity contribution >= 4 is 10.0 Å². The molecule has 2 heterocycles. The first-order valence-electron chi connectivity index (χ1n) is 7.95. The third kappa shape index (κ3) is 3.33. The zero-order valence-corrected chi connectivity index (χ0v) is 13.9. The Balaban J connectivity index is 2.34. The molecule has 1 aliphatic rings. The van der Waals surface area contributed by atoms with Crippen LogP contribution in [0.5, 0.6) is 0 Å². The minimum absolute atomic E-state index is 0.139. The first-order valence-corrected chi connectivity index (χ1v) is 9.39. The smallest absolute Gasteiger partial charge is 0.244 e. The maximum Gasteiger partial charge on any atom is 0.244 e. The number of nitrogens with two attached hydrogens (primary N) is 1. The van der Waals surface area contributed by atoms with Crippen molar-refractivity contribution in [2.75, 3.05) is 6.54 Å². The molecule has 6 heteroatoms. The van der Waals surface area contributed by atoms with Gasteiger partial charge in [-0.25, -0.2) is 8.42 Å². The minimum Gasteiger partial charge on any atom is -0.349 e. The molecule has 0 amide bonds. The van der Waals surface area contributed by atoms with Gasteiger partial charge < -0.3 is 10.3 Å². The van der Waals surface area contributed by atoms with E-state index < -0.39 is 10.0 Å². The largest absolute Gasteiger partial charge is 0.349 e. The molecule has 0 aliphatic carbocycles. The maximum atomic E-state index is 12.9. The fourth-order valence-electron chi connectivity index (χ4n) is 3.12. The Hall–Kier alpha value is -0.850. The Labute approximate surface area is 128 Å². The quantitative estimate of drug-likeness (QED) is 0.876. The third-order valence-corrected chi connectivity index (χ3v) is 6.20. The number of rotatable bonds is 6. The number of piperidine rings is 1. The van der Waals surface area contributed by atoms with Crippen molar-refractivity contribution < 1.29 is 8.42 Å². The van der Waals surface area contributed by atoms with Crippen LogP contribution in [0.4, 0.5) is 0 Å². The molecule has 0 bridgehead atoms. The van der Waals surface area contributed by atoms with Gasteiger partial charge in [-0.05, 0) is 31.7 Å². The van der Waals surface area contributed by atoms with E-state index in [1.807, 2.05) is 4.57 Å². The summed E-state index contributed by atoms with van der Waals surface area (Å²) < 4.78 is 29.5. The Morgan fingerprint density at radius 3 is 2.71 bits per heavy atom. The van der Waals surface area contributed by atoms with Crippen molar-refractivity contribution in [1.29, 1.82) is 0 Å². The van der Waals surface area contributed by atoms with E-state index in [0.717, 1.165) is 44.3 Å². The summed E-state index contributed by atoms with van der Waals surface area (Å²) in [5, 5.41) is 0. The summed E-state index contributed by atoms with van der Waals surface area (Å²) in [5.74, 6) is 0. The van der Waals surface area contributed by atoms with Crippen LogP contribution in [0.2, 0.25) is 0 Å². The predicted octanol–water partition coefficient (Wildman–Crippen LogP) is 2.31. The lowest BCUT2D eigenvalue weighted by molar-refractivity contribution is 0.246. The number of hydrogen-bond acceptors (Lipinski definition) is 3. The second-order valence-electron chi connectivity index (χ2n) is 5.74. The van der Waals surface area contributed by atoms with Crippen LogP contribution >= 0.6 is 0 Å². The lowest BCUT2D eigenvalue weighted by Crippen LogP contribution is -2.43. The molecule has 2 rings (SSSR count). The third-order valence-electron chi connectivity index (χ3n) is 4.29. The summed E-state index contributed by atoms with van der Waals surface area (Å²) >= 11 is 0. The summed E-state index contributed by atoms with van der Waals surface area (Å²) in [7, 11) is -3.40. The maximum absolute atomic E-state index is 12.9. The summed E-state index contributed by atoms with van der Waals surface area (Å²) in [6.45, 7) is 5.95. The van der Waals surface area contributed by atoms with E-state index in [1.54, 1.807) is 16.6 Å². The molecule has 2 N–H and O–H groups in total. The van der Waals surface area contributed by atoms with Gasteiger partial charge in [0.25, 0.3) is 0 Å². The van der Waals surface area contributed by atoms with Gasteiger partial charge in [-0.3, -0.25) is 0 Å². The van der Waals surface area contributed by atoms with Gasteiger partial charge in [-0.2, -0.15) is 4.31 Å². The minimum atomic E-state index is -3.40. The average Bonchev–Trinajstić information content (AvgIpc) is 2.91. The molecule has 1 unspecified atom stereocenters. The first-order chi connectivity index (χ1) is 10.0.